The van der Waals surface area contributed by atoms with Gasteiger partial charge in [-0.3, -0.25) is 0 Å². The van der Waals surface area contributed by atoms with Crippen LogP contribution in [0.3, 0.4) is 0 Å². The number of aliphatic carboxylic acids is 4. The second-order valence-corrected chi connectivity index (χ2v) is 2.72. The molecule has 8 nitrogen and oxygen atoms in total. The molecule has 0 atom stereocenters. The molecule has 0 aromatic heterocycles. The van der Waals surface area contributed by atoms with E-state index < -0.39 is 46.2 Å². The van der Waals surface area contributed by atoms with E-state index in [-0.39, 0.29) is 0 Å². The SMILES string of the molecule is O=C(O)C1=C(C(=O)O)C(C(=O)O)=C1C(=O)O. The van der Waals surface area contributed by atoms with Crippen molar-refractivity contribution in [3.63, 3.8) is 0 Å². The highest BCUT2D eigenvalue weighted by atomic mass is 16.4. The quantitative estimate of drug-likeness (QED) is 0.475. The van der Waals surface area contributed by atoms with E-state index in [1.165, 1.54) is 0 Å². The Labute approximate surface area is 86.7 Å². The van der Waals surface area contributed by atoms with Crippen LogP contribution in [0.15, 0.2) is 22.3 Å². The zero-order chi connectivity index (χ0) is 12.6. The highest BCUT2D eigenvalue weighted by Crippen LogP contribution is 2.36. The Hall–Kier alpha value is -2.64. The Morgan fingerprint density at radius 3 is 0.688 bits per heavy atom. The maximum absolute atomic E-state index is 10.6. The molecule has 84 valence electrons. The van der Waals surface area contributed by atoms with Crippen LogP contribution in [0.25, 0.3) is 0 Å². The molecule has 0 amide bonds. The summed E-state index contributed by atoms with van der Waals surface area (Å²) in [7, 11) is 0. The van der Waals surface area contributed by atoms with Gasteiger partial charge in [0.25, 0.3) is 0 Å². The fourth-order valence-corrected chi connectivity index (χ4v) is 1.29. The first-order valence-electron chi connectivity index (χ1n) is 3.71. The average Bonchev–Trinajstić information content (AvgIpc) is 1.97. The first-order valence-corrected chi connectivity index (χ1v) is 3.71. The zero-order valence-electron chi connectivity index (χ0n) is 7.42. The van der Waals surface area contributed by atoms with Crippen LogP contribution in [0, 0.1) is 0 Å². The van der Waals surface area contributed by atoms with Crippen molar-refractivity contribution in [3.05, 3.63) is 22.3 Å². The van der Waals surface area contributed by atoms with Crippen molar-refractivity contribution in [3.8, 4) is 0 Å². The van der Waals surface area contributed by atoms with E-state index in [1.54, 1.807) is 0 Å². The summed E-state index contributed by atoms with van der Waals surface area (Å²) in [6, 6.07) is 0. The van der Waals surface area contributed by atoms with E-state index in [0.717, 1.165) is 0 Å². The van der Waals surface area contributed by atoms with Crippen molar-refractivity contribution in [2.75, 3.05) is 0 Å². The van der Waals surface area contributed by atoms with Crippen LogP contribution < -0.4 is 0 Å². The molecule has 1 aliphatic rings. The van der Waals surface area contributed by atoms with Crippen molar-refractivity contribution in [1.29, 1.82) is 0 Å². The second-order valence-electron chi connectivity index (χ2n) is 2.72. The number of carboxylic acids is 4. The molecule has 1 aliphatic carbocycles. The van der Waals surface area contributed by atoms with Crippen LogP contribution in [0.4, 0.5) is 0 Å². The zero-order valence-corrected chi connectivity index (χ0v) is 7.42. The summed E-state index contributed by atoms with van der Waals surface area (Å²) < 4.78 is 0. The molecule has 0 unspecified atom stereocenters. The fourth-order valence-electron chi connectivity index (χ4n) is 1.29. The summed E-state index contributed by atoms with van der Waals surface area (Å²) >= 11 is 0. The maximum Gasteiger partial charge on any atom is 0.337 e. The van der Waals surface area contributed by atoms with Gasteiger partial charge in [-0.2, -0.15) is 0 Å². The third-order valence-corrected chi connectivity index (χ3v) is 1.86. The molecule has 0 bridgehead atoms. The Balaban J connectivity index is 3.42. The Morgan fingerprint density at radius 1 is 0.500 bits per heavy atom. The monoisotopic (exact) mass is 228 g/mol. The van der Waals surface area contributed by atoms with Crippen LogP contribution in [0.2, 0.25) is 0 Å². The summed E-state index contributed by atoms with van der Waals surface area (Å²) in [5.41, 5.74) is -4.01. The van der Waals surface area contributed by atoms with Crippen LogP contribution >= 0.6 is 0 Å². The first kappa shape index (κ1) is 11.4. The average molecular weight is 228 g/mol. The van der Waals surface area contributed by atoms with Gasteiger partial charge in [-0.05, 0) is 0 Å². The van der Waals surface area contributed by atoms with Gasteiger partial charge < -0.3 is 20.4 Å². The lowest BCUT2D eigenvalue weighted by Crippen LogP contribution is -2.31. The van der Waals surface area contributed by atoms with Gasteiger partial charge in [0.2, 0.25) is 0 Å². The molecule has 0 radical (unpaired) electrons. The van der Waals surface area contributed by atoms with E-state index in [1.807, 2.05) is 0 Å². The Bertz CT molecular complexity index is 391. The molecule has 0 fully saturated rings. The highest BCUT2D eigenvalue weighted by Gasteiger charge is 2.44. The van der Waals surface area contributed by atoms with Gasteiger partial charge in [-0.1, -0.05) is 0 Å². The van der Waals surface area contributed by atoms with Crippen LogP contribution in [0.1, 0.15) is 0 Å². The van der Waals surface area contributed by atoms with Crippen molar-refractivity contribution in [2.45, 2.75) is 0 Å². The van der Waals surface area contributed by atoms with Gasteiger partial charge in [0.15, 0.2) is 0 Å². The standard InChI is InChI=1S/C8H4O8/c9-5(10)1-2(6(11)12)4(8(15)16)3(1)7(13)14/h(H,9,10)(H,11,12)(H,13,14)(H,15,16). The predicted molar refractivity (Wildman–Crippen MR) is 44.6 cm³/mol. The minimum atomic E-state index is -1.79. The molecule has 0 aromatic rings. The molecule has 1 rings (SSSR count). The molecule has 0 saturated carbocycles. The molecule has 0 aromatic carbocycles. The van der Waals surface area contributed by atoms with Gasteiger partial charge in [-0.15, -0.1) is 0 Å². The molecule has 0 heterocycles. The van der Waals surface area contributed by atoms with Crippen molar-refractivity contribution in [1.82, 2.24) is 0 Å². The topological polar surface area (TPSA) is 149 Å². The van der Waals surface area contributed by atoms with Crippen molar-refractivity contribution < 1.29 is 39.6 Å². The molecule has 16 heavy (non-hydrogen) atoms. The largest absolute Gasteiger partial charge is 0.478 e. The van der Waals surface area contributed by atoms with Crippen LogP contribution in [0.5, 0.6) is 0 Å². The van der Waals surface area contributed by atoms with E-state index in [2.05, 4.69) is 0 Å². The Morgan fingerprint density at radius 2 is 0.625 bits per heavy atom. The minimum absolute atomic E-state index is 1.00. The third kappa shape index (κ3) is 1.41. The lowest BCUT2D eigenvalue weighted by atomic mass is 9.80. The van der Waals surface area contributed by atoms with Crippen molar-refractivity contribution >= 4 is 23.9 Å². The van der Waals surface area contributed by atoms with Gasteiger partial charge >= 0.3 is 23.9 Å². The first-order chi connectivity index (χ1) is 7.29. The van der Waals surface area contributed by atoms with Crippen LogP contribution in [-0.4, -0.2) is 44.3 Å². The van der Waals surface area contributed by atoms with E-state index >= 15 is 0 Å². The molecular weight excluding hydrogens is 224 g/mol. The fraction of sp³-hybridized carbons (Fsp3) is 0. The van der Waals surface area contributed by atoms with Crippen molar-refractivity contribution in [2.24, 2.45) is 0 Å². The molecule has 4 N–H and O–H groups in total. The molecular formula is C8H4O8. The predicted octanol–water partition coefficient (Wildman–Crippen LogP) is -1.07. The Kier molecular flexibility index (Phi) is 2.50. The van der Waals surface area contributed by atoms with Gasteiger partial charge in [0, 0.05) is 0 Å². The molecule has 0 spiro atoms. The number of carbonyl (C=O) groups is 4. The number of hydrogen-bond acceptors (Lipinski definition) is 4. The van der Waals surface area contributed by atoms with E-state index in [4.69, 9.17) is 20.4 Å². The van der Waals surface area contributed by atoms with E-state index in [0.29, 0.717) is 0 Å². The summed E-state index contributed by atoms with van der Waals surface area (Å²) in [6.45, 7) is 0. The van der Waals surface area contributed by atoms with Gasteiger partial charge in [0.1, 0.15) is 0 Å². The lowest BCUT2D eigenvalue weighted by Gasteiger charge is -2.20. The van der Waals surface area contributed by atoms with Gasteiger partial charge in [0.05, 0.1) is 22.3 Å². The maximum atomic E-state index is 10.6. The van der Waals surface area contributed by atoms with Crippen LogP contribution in [-0.2, 0) is 19.2 Å². The molecule has 0 saturated heterocycles. The summed E-state index contributed by atoms with van der Waals surface area (Å²) in [5.74, 6) is -7.17. The number of hydrogen-bond donors (Lipinski definition) is 4. The molecule has 0 aliphatic heterocycles. The summed E-state index contributed by atoms with van der Waals surface area (Å²) in [4.78, 5) is 42.3. The van der Waals surface area contributed by atoms with E-state index in [9.17, 15) is 19.2 Å². The smallest absolute Gasteiger partial charge is 0.337 e. The van der Waals surface area contributed by atoms with Gasteiger partial charge in [-0.25, -0.2) is 19.2 Å². The lowest BCUT2D eigenvalue weighted by molar-refractivity contribution is -0.140. The minimum Gasteiger partial charge on any atom is -0.478 e. The number of rotatable bonds is 4. The highest BCUT2D eigenvalue weighted by molar-refractivity contribution is 6.25. The summed E-state index contributed by atoms with van der Waals surface area (Å²) in [5, 5.41) is 34.2. The molecule has 8 heteroatoms. The second kappa shape index (κ2) is 3.50. The third-order valence-electron chi connectivity index (χ3n) is 1.86. The summed E-state index contributed by atoms with van der Waals surface area (Å²) in [6.07, 6.45) is 0. The normalized spacial score (nSPS) is 14.5. The number of carboxylic acid groups (broad SMARTS) is 4.